The van der Waals surface area contributed by atoms with E-state index in [9.17, 15) is 4.79 Å². The van der Waals surface area contributed by atoms with Crippen LogP contribution >= 0.6 is 23.4 Å². The van der Waals surface area contributed by atoms with Crippen LogP contribution in [-0.4, -0.2) is 40.1 Å². The van der Waals surface area contributed by atoms with Crippen molar-refractivity contribution >= 4 is 35.0 Å². The van der Waals surface area contributed by atoms with Gasteiger partial charge in [-0.05, 0) is 36.4 Å². The fraction of sp³-hybridized carbons (Fsp3) is 0.250. The van der Waals surface area contributed by atoms with Crippen LogP contribution < -0.4 is 14.8 Å². The van der Waals surface area contributed by atoms with E-state index in [2.05, 4.69) is 15.5 Å². The number of halogens is 1. The van der Waals surface area contributed by atoms with E-state index in [-0.39, 0.29) is 12.3 Å². The van der Waals surface area contributed by atoms with Crippen LogP contribution in [0.1, 0.15) is 5.82 Å². The van der Waals surface area contributed by atoms with Gasteiger partial charge in [-0.3, -0.25) is 4.79 Å². The Morgan fingerprint density at radius 3 is 2.72 bits per heavy atom. The molecule has 0 bridgehead atoms. The first-order valence-corrected chi connectivity index (χ1v) is 10.2. The standard InChI is InChI=1S/C20H21ClN4O3S/c1-25-18(13-19(26)22-15-4-3-5-17(12-15)27-2)23-24-20(25)29-11-10-28-16-8-6-14(21)7-9-16/h3-9,12H,10-11,13H2,1-2H3,(H,22,26). The Balaban J connectivity index is 1.48. The fourth-order valence-electron chi connectivity index (χ4n) is 2.50. The molecular formula is C20H21ClN4O3S. The van der Waals surface area contributed by atoms with Crippen molar-refractivity contribution in [3.63, 3.8) is 0 Å². The van der Waals surface area contributed by atoms with E-state index >= 15 is 0 Å². The molecule has 3 aromatic rings. The van der Waals surface area contributed by atoms with Crippen LogP contribution in [0.4, 0.5) is 5.69 Å². The molecule has 1 amide bonds. The molecule has 7 nitrogen and oxygen atoms in total. The Morgan fingerprint density at radius 2 is 1.97 bits per heavy atom. The average Bonchev–Trinajstić information content (AvgIpc) is 3.06. The van der Waals surface area contributed by atoms with Crippen LogP contribution in [0.3, 0.4) is 0 Å². The maximum atomic E-state index is 12.3. The van der Waals surface area contributed by atoms with Crippen LogP contribution in [0.5, 0.6) is 11.5 Å². The van der Waals surface area contributed by atoms with Gasteiger partial charge in [0.25, 0.3) is 0 Å². The third-order valence-corrected chi connectivity index (χ3v) is 5.23. The van der Waals surface area contributed by atoms with Crippen molar-refractivity contribution in [2.45, 2.75) is 11.6 Å². The van der Waals surface area contributed by atoms with Crippen molar-refractivity contribution in [1.29, 1.82) is 0 Å². The van der Waals surface area contributed by atoms with E-state index in [1.165, 1.54) is 11.8 Å². The zero-order valence-electron chi connectivity index (χ0n) is 16.1. The highest BCUT2D eigenvalue weighted by Crippen LogP contribution is 2.19. The summed E-state index contributed by atoms with van der Waals surface area (Å²) in [5.41, 5.74) is 0.672. The van der Waals surface area contributed by atoms with E-state index in [4.69, 9.17) is 21.1 Å². The summed E-state index contributed by atoms with van der Waals surface area (Å²) in [5, 5.41) is 12.5. The highest BCUT2D eigenvalue weighted by Gasteiger charge is 2.13. The summed E-state index contributed by atoms with van der Waals surface area (Å²) in [6.07, 6.45) is 0.128. The number of anilines is 1. The predicted octanol–water partition coefficient (Wildman–Crippen LogP) is 3.83. The second kappa shape index (κ2) is 10.2. The summed E-state index contributed by atoms with van der Waals surface area (Å²) in [5.74, 6) is 2.57. The summed E-state index contributed by atoms with van der Waals surface area (Å²) in [4.78, 5) is 12.3. The molecule has 0 fully saturated rings. The molecule has 0 aliphatic carbocycles. The number of nitrogens with one attached hydrogen (secondary N) is 1. The van der Waals surface area contributed by atoms with E-state index in [0.717, 1.165) is 10.9 Å². The first-order chi connectivity index (χ1) is 14.0. The third kappa shape index (κ3) is 6.13. The maximum Gasteiger partial charge on any atom is 0.232 e. The summed E-state index contributed by atoms with van der Waals surface area (Å²) in [7, 11) is 3.43. The molecule has 1 aromatic heterocycles. The average molecular weight is 433 g/mol. The number of amides is 1. The molecule has 0 aliphatic rings. The van der Waals surface area contributed by atoms with Gasteiger partial charge in [-0.2, -0.15) is 0 Å². The lowest BCUT2D eigenvalue weighted by Crippen LogP contribution is -2.17. The van der Waals surface area contributed by atoms with E-state index < -0.39 is 0 Å². The highest BCUT2D eigenvalue weighted by atomic mass is 35.5. The molecule has 29 heavy (non-hydrogen) atoms. The van der Waals surface area contributed by atoms with Crippen LogP contribution in [0.25, 0.3) is 0 Å². The molecule has 152 valence electrons. The summed E-state index contributed by atoms with van der Waals surface area (Å²) >= 11 is 7.37. The van der Waals surface area contributed by atoms with Crippen LogP contribution in [0.15, 0.2) is 53.7 Å². The first kappa shape index (κ1) is 21.0. The van der Waals surface area contributed by atoms with E-state index in [1.54, 1.807) is 31.4 Å². The van der Waals surface area contributed by atoms with Crippen molar-refractivity contribution in [1.82, 2.24) is 14.8 Å². The van der Waals surface area contributed by atoms with E-state index in [0.29, 0.717) is 34.6 Å². The largest absolute Gasteiger partial charge is 0.497 e. The monoisotopic (exact) mass is 432 g/mol. The quantitative estimate of drug-likeness (QED) is 0.409. The molecule has 2 aromatic carbocycles. The first-order valence-electron chi connectivity index (χ1n) is 8.88. The molecule has 1 heterocycles. The molecule has 0 atom stereocenters. The second-order valence-electron chi connectivity index (χ2n) is 6.07. The van der Waals surface area contributed by atoms with Gasteiger partial charge in [0.1, 0.15) is 17.3 Å². The number of carbonyl (C=O) groups is 1. The Kier molecular flexibility index (Phi) is 7.37. The number of thioether (sulfide) groups is 1. The highest BCUT2D eigenvalue weighted by molar-refractivity contribution is 7.99. The lowest BCUT2D eigenvalue weighted by Gasteiger charge is -2.08. The van der Waals surface area contributed by atoms with Gasteiger partial charge < -0.3 is 19.4 Å². The molecule has 9 heteroatoms. The maximum absolute atomic E-state index is 12.3. The smallest absolute Gasteiger partial charge is 0.232 e. The van der Waals surface area contributed by atoms with Crippen LogP contribution in [0.2, 0.25) is 5.02 Å². The number of methoxy groups -OCH3 is 1. The number of ether oxygens (including phenoxy) is 2. The van der Waals surface area contributed by atoms with Crippen molar-refractivity contribution in [2.75, 3.05) is 24.8 Å². The van der Waals surface area contributed by atoms with Crippen LogP contribution in [-0.2, 0) is 18.3 Å². The summed E-state index contributed by atoms with van der Waals surface area (Å²) < 4.78 is 12.6. The van der Waals surface area contributed by atoms with Gasteiger partial charge in [0.05, 0.1) is 20.1 Å². The van der Waals surface area contributed by atoms with Gasteiger partial charge in [0, 0.05) is 29.6 Å². The molecule has 0 unspecified atom stereocenters. The minimum atomic E-state index is -0.170. The van der Waals surface area contributed by atoms with Gasteiger partial charge in [0.15, 0.2) is 5.16 Å². The zero-order chi connectivity index (χ0) is 20.6. The molecule has 3 rings (SSSR count). The Labute approximate surface area is 178 Å². The lowest BCUT2D eigenvalue weighted by molar-refractivity contribution is -0.115. The van der Waals surface area contributed by atoms with Crippen molar-refractivity contribution in [3.8, 4) is 11.5 Å². The number of hydrogen-bond acceptors (Lipinski definition) is 6. The van der Waals surface area contributed by atoms with Crippen molar-refractivity contribution in [3.05, 3.63) is 59.4 Å². The van der Waals surface area contributed by atoms with Gasteiger partial charge in [-0.1, -0.05) is 29.4 Å². The lowest BCUT2D eigenvalue weighted by atomic mass is 10.3. The third-order valence-electron chi connectivity index (χ3n) is 3.99. The van der Waals surface area contributed by atoms with Gasteiger partial charge in [-0.15, -0.1) is 10.2 Å². The molecular weight excluding hydrogens is 412 g/mol. The molecule has 0 saturated carbocycles. The molecule has 0 aliphatic heterocycles. The SMILES string of the molecule is COc1cccc(NC(=O)Cc2nnc(SCCOc3ccc(Cl)cc3)n2C)c1. The van der Waals surface area contributed by atoms with Crippen molar-refractivity contribution < 1.29 is 14.3 Å². The molecule has 1 N–H and O–H groups in total. The number of nitrogens with zero attached hydrogens (tertiary/aromatic N) is 3. The predicted molar refractivity (Wildman–Crippen MR) is 114 cm³/mol. The summed E-state index contributed by atoms with van der Waals surface area (Å²) in [6, 6.07) is 14.4. The van der Waals surface area contributed by atoms with Crippen LogP contribution in [0, 0.1) is 0 Å². The topological polar surface area (TPSA) is 78.3 Å². The normalized spacial score (nSPS) is 10.6. The Hall–Kier alpha value is -2.71. The number of hydrogen-bond donors (Lipinski definition) is 1. The Morgan fingerprint density at radius 1 is 1.17 bits per heavy atom. The van der Waals surface area contributed by atoms with Gasteiger partial charge in [0.2, 0.25) is 5.91 Å². The number of aromatic nitrogens is 3. The fourth-order valence-corrected chi connectivity index (χ4v) is 3.37. The minimum Gasteiger partial charge on any atom is -0.497 e. The number of carbonyl (C=O) groups excluding carboxylic acids is 1. The van der Waals surface area contributed by atoms with Crippen molar-refractivity contribution in [2.24, 2.45) is 7.05 Å². The van der Waals surface area contributed by atoms with Gasteiger partial charge in [-0.25, -0.2) is 0 Å². The van der Waals surface area contributed by atoms with Gasteiger partial charge >= 0.3 is 0 Å². The Bertz CT molecular complexity index is 963. The number of rotatable bonds is 9. The molecule has 0 radical (unpaired) electrons. The summed E-state index contributed by atoms with van der Waals surface area (Å²) in [6.45, 7) is 0.519. The van der Waals surface area contributed by atoms with E-state index in [1.807, 2.05) is 35.9 Å². The minimum absolute atomic E-state index is 0.128. The zero-order valence-corrected chi connectivity index (χ0v) is 17.7. The molecule has 0 saturated heterocycles. The second-order valence-corrected chi connectivity index (χ2v) is 7.56. The number of benzene rings is 2. The molecule has 0 spiro atoms.